The summed E-state index contributed by atoms with van der Waals surface area (Å²) in [6.45, 7) is 4.53. The van der Waals surface area contributed by atoms with Crippen LogP contribution in [0.4, 0.5) is 0 Å². The molecular formula is C13H18O4. The lowest BCUT2D eigenvalue weighted by molar-refractivity contribution is -0.0229. The predicted molar refractivity (Wildman–Crippen MR) is 63.3 cm³/mol. The van der Waals surface area contributed by atoms with E-state index in [1.807, 2.05) is 19.9 Å². The van der Waals surface area contributed by atoms with Crippen LogP contribution in [0, 0.1) is 5.92 Å². The van der Waals surface area contributed by atoms with Gasteiger partial charge in [0.2, 0.25) is 0 Å². The monoisotopic (exact) mass is 238 g/mol. The number of methoxy groups -OCH3 is 1. The molecule has 0 bridgehead atoms. The second-order valence-electron chi connectivity index (χ2n) is 4.35. The first kappa shape index (κ1) is 12.2. The van der Waals surface area contributed by atoms with Gasteiger partial charge in [-0.05, 0) is 13.0 Å². The van der Waals surface area contributed by atoms with Gasteiger partial charge in [0.25, 0.3) is 0 Å². The summed E-state index contributed by atoms with van der Waals surface area (Å²) >= 11 is 0. The van der Waals surface area contributed by atoms with Crippen molar-refractivity contribution in [2.45, 2.75) is 26.2 Å². The second kappa shape index (κ2) is 4.94. The number of hydrogen-bond donors (Lipinski definition) is 1. The van der Waals surface area contributed by atoms with Crippen molar-refractivity contribution >= 4 is 0 Å². The predicted octanol–water partition coefficient (Wildman–Crippen LogP) is 2.30. The Morgan fingerprint density at radius 2 is 2.12 bits per heavy atom. The third kappa shape index (κ3) is 2.53. The van der Waals surface area contributed by atoms with E-state index in [0.29, 0.717) is 12.4 Å². The summed E-state index contributed by atoms with van der Waals surface area (Å²) in [6, 6.07) is 0. The summed E-state index contributed by atoms with van der Waals surface area (Å²) in [4.78, 5) is 0. The lowest BCUT2D eigenvalue weighted by Gasteiger charge is -2.14. The van der Waals surface area contributed by atoms with Crippen LogP contribution in [-0.4, -0.2) is 31.2 Å². The summed E-state index contributed by atoms with van der Waals surface area (Å²) in [5.74, 6) is 0.702. The maximum Gasteiger partial charge on any atom is 0.184 e. The van der Waals surface area contributed by atoms with Crippen LogP contribution in [0.25, 0.3) is 0 Å². The maximum atomic E-state index is 9.78. The SMILES string of the molecule is COC1=C(O)C=CC(C2OCC(C)O2)=CC1C. The Labute approximate surface area is 101 Å². The number of allylic oxidation sites excluding steroid dienone is 2. The number of hydrogen-bond acceptors (Lipinski definition) is 4. The van der Waals surface area contributed by atoms with Crippen molar-refractivity contribution < 1.29 is 19.3 Å². The van der Waals surface area contributed by atoms with Crippen molar-refractivity contribution in [1.29, 1.82) is 0 Å². The molecular weight excluding hydrogens is 220 g/mol. The van der Waals surface area contributed by atoms with Gasteiger partial charge in [-0.2, -0.15) is 0 Å². The van der Waals surface area contributed by atoms with E-state index in [0.717, 1.165) is 5.57 Å². The first-order valence-electron chi connectivity index (χ1n) is 5.75. The number of ether oxygens (including phenoxy) is 3. The molecule has 0 spiro atoms. The molecule has 2 rings (SSSR count). The molecule has 3 unspecified atom stereocenters. The Balaban J connectivity index is 2.19. The molecule has 94 valence electrons. The Morgan fingerprint density at radius 3 is 2.71 bits per heavy atom. The molecule has 3 atom stereocenters. The third-order valence-corrected chi connectivity index (χ3v) is 2.87. The van der Waals surface area contributed by atoms with Crippen LogP contribution in [0.2, 0.25) is 0 Å². The van der Waals surface area contributed by atoms with Gasteiger partial charge in [-0.15, -0.1) is 0 Å². The quantitative estimate of drug-likeness (QED) is 0.802. The van der Waals surface area contributed by atoms with Crippen molar-refractivity contribution in [2.75, 3.05) is 13.7 Å². The van der Waals surface area contributed by atoms with Crippen LogP contribution in [0.3, 0.4) is 0 Å². The molecule has 0 saturated carbocycles. The highest BCUT2D eigenvalue weighted by Crippen LogP contribution is 2.27. The zero-order chi connectivity index (χ0) is 12.4. The van der Waals surface area contributed by atoms with E-state index in [4.69, 9.17) is 14.2 Å². The van der Waals surface area contributed by atoms with Crippen molar-refractivity contribution in [1.82, 2.24) is 0 Å². The molecule has 0 radical (unpaired) electrons. The van der Waals surface area contributed by atoms with Crippen molar-refractivity contribution in [3.8, 4) is 0 Å². The molecule has 1 N–H and O–H groups in total. The Bertz CT molecular complexity index is 381. The van der Waals surface area contributed by atoms with Crippen LogP contribution in [0.15, 0.2) is 35.3 Å². The molecule has 17 heavy (non-hydrogen) atoms. The molecule has 0 aromatic carbocycles. The fourth-order valence-corrected chi connectivity index (χ4v) is 2.05. The van der Waals surface area contributed by atoms with Gasteiger partial charge in [0.1, 0.15) is 5.76 Å². The highest BCUT2D eigenvalue weighted by atomic mass is 16.7. The van der Waals surface area contributed by atoms with E-state index in [1.165, 1.54) is 0 Å². The fourth-order valence-electron chi connectivity index (χ4n) is 2.05. The van der Waals surface area contributed by atoms with Gasteiger partial charge in [0.05, 0.1) is 19.8 Å². The minimum absolute atomic E-state index is 0.00638. The first-order chi connectivity index (χ1) is 8.11. The van der Waals surface area contributed by atoms with Crippen molar-refractivity contribution in [2.24, 2.45) is 5.92 Å². The summed E-state index contributed by atoms with van der Waals surface area (Å²) in [6.07, 6.45) is 5.18. The van der Waals surface area contributed by atoms with Gasteiger partial charge >= 0.3 is 0 Å². The number of rotatable bonds is 2. The van der Waals surface area contributed by atoms with Crippen molar-refractivity contribution in [3.63, 3.8) is 0 Å². The topological polar surface area (TPSA) is 47.9 Å². The molecule has 4 heteroatoms. The number of aliphatic hydroxyl groups is 1. The zero-order valence-electron chi connectivity index (χ0n) is 10.3. The van der Waals surface area contributed by atoms with Gasteiger partial charge < -0.3 is 19.3 Å². The largest absolute Gasteiger partial charge is 0.504 e. The molecule has 1 fully saturated rings. The van der Waals surface area contributed by atoms with E-state index in [2.05, 4.69) is 0 Å². The van der Waals surface area contributed by atoms with Crippen LogP contribution in [0.5, 0.6) is 0 Å². The van der Waals surface area contributed by atoms with E-state index < -0.39 is 0 Å². The molecule has 1 heterocycles. The molecule has 1 aliphatic heterocycles. The Hall–Kier alpha value is -1.26. The van der Waals surface area contributed by atoms with Crippen LogP contribution < -0.4 is 0 Å². The van der Waals surface area contributed by atoms with E-state index in [9.17, 15) is 5.11 Å². The van der Waals surface area contributed by atoms with Crippen LogP contribution in [0.1, 0.15) is 13.8 Å². The lowest BCUT2D eigenvalue weighted by Crippen LogP contribution is -2.12. The molecule has 4 nitrogen and oxygen atoms in total. The normalized spacial score (nSPS) is 33.6. The van der Waals surface area contributed by atoms with E-state index in [1.54, 1.807) is 19.3 Å². The summed E-state index contributed by atoms with van der Waals surface area (Å²) in [7, 11) is 1.55. The van der Waals surface area contributed by atoms with Crippen LogP contribution in [-0.2, 0) is 14.2 Å². The van der Waals surface area contributed by atoms with Gasteiger partial charge in [-0.25, -0.2) is 0 Å². The van der Waals surface area contributed by atoms with E-state index in [-0.39, 0.29) is 24.1 Å². The minimum Gasteiger partial charge on any atom is -0.504 e. The van der Waals surface area contributed by atoms with Crippen molar-refractivity contribution in [3.05, 3.63) is 35.3 Å². The molecule has 0 aromatic heterocycles. The molecule has 2 aliphatic rings. The Kier molecular flexibility index (Phi) is 3.54. The first-order valence-corrected chi connectivity index (χ1v) is 5.75. The smallest absolute Gasteiger partial charge is 0.184 e. The average molecular weight is 238 g/mol. The molecule has 0 aromatic rings. The lowest BCUT2D eigenvalue weighted by atomic mass is 10.1. The van der Waals surface area contributed by atoms with E-state index >= 15 is 0 Å². The number of aliphatic hydroxyl groups excluding tert-OH is 1. The van der Waals surface area contributed by atoms with Crippen LogP contribution >= 0.6 is 0 Å². The standard InChI is InChI=1S/C13H18O4/c1-8-6-10(13-16-7-9(2)17-13)4-5-11(14)12(8)15-3/h4-6,8-9,13-14H,7H2,1-3H3. The van der Waals surface area contributed by atoms with Gasteiger partial charge in [0, 0.05) is 11.5 Å². The third-order valence-electron chi connectivity index (χ3n) is 2.87. The maximum absolute atomic E-state index is 9.78. The summed E-state index contributed by atoms with van der Waals surface area (Å²) in [5.41, 5.74) is 0.917. The Morgan fingerprint density at radius 1 is 1.35 bits per heavy atom. The molecule has 1 saturated heterocycles. The highest BCUT2D eigenvalue weighted by Gasteiger charge is 2.27. The molecule has 0 amide bonds. The van der Waals surface area contributed by atoms with Gasteiger partial charge in [0.15, 0.2) is 12.0 Å². The molecule has 1 aliphatic carbocycles. The fraction of sp³-hybridized carbons (Fsp3) is 0.538. The zero-order valence-corrected chi connectivity index (χ0v) is 10.3. The average Bonchev–Trinajstić information content (AvgIpc) is 2.65. The summed E-state index contributed by atoms with van der Waals surface area (Å²) in [5, 5.41) is 9.78. The second-order valence-corrected chi connectivity index (χ2v) is 4.35. The minimum atomic E-state index is -0.340. The van der Waals surface area contributed by atoms with Gasteiger partial charge in [-0.1, -0.05) is 19.1 Å². The summed E-state index contributed by atoms with van der Waals surface area (Å²) < 4.78 is 16.3. The van der Waals surface area contributed by atoms with Gasteiger partial charge in [-0.3, -0.25) is 0 Å². The highest BCUT2D eigenvalue weighted by molar-refractivity contribution is 5.34.